The molecule has 1 aromatic carbocycles. The maximum atomic E-state index is 12.1. The number of benzene rings is 1. The van der Waals surface area contributed by atoms with Gasteiger partial charge in [-0.1, -0.05) is 30.3 Å². The first-order chi connectivity index (χ1) is 11.2. The number of nitrogens with zero attached hydrogens (tertiary/aromatic N) is 3. The topological polar surface area (TPSA) is 58.1 Å². The number of hydrogen-bond donors (Lipinski definition) is 1. The lowest BCUT2D eigenvalue weighted by molar-refractivity contribution is -0.127. The number of likely N-dealkylation sites (tertiary alicyclic amines) is 1. The molecule has 1 aliphatic heterocycles. The van der Waals surface area contributed by atoms with Gasteiger partial charge in [0.2, 0.25) is 11.9 Å². The number of nitrogens with one attached hydrogen (secondary N) is 1. The number of carbonyl (C=O) groups is 1. The van der Waals surface area contributed by atoms with Gasteiger partial charge in [0.05, 0.1) is 4.47 Å². The van der Waals surface area contributed by atoms with E-state index in [0.29, 0.717) is 18.3 Å². The minimum Gasteiger partial charge on any atom is -0.354 e. The molecule has 6 heteroatoms. The third-order valence-corrected chi connectivity index (χ3v) is 4.39. The van der Waals surface area contributed by atoms with Gasteiger partial charge in [0.25, 0.3) is 0 Å². The van der Waals surface area contributed by atoms with Crippen LogP contribution in [0.1, 0.15) is 12.0 Å². The normalized spacial score (nSPS) is 17.5. The maximum absolute atomic E-state index is 12.1. The van der Waals surface area contributed by atoms with E-state index in [2.05, 4.69) is 43.3 Å². The molecule has 1 unspecified atom stereocenters. The molecule has 1 aliphatic rings. The highest BCUT2D eigenvalue weighted by Gasteiger charge is 2.29. The minimum absolute atomic E-state index is 0.240. The second-order valence-electron chi connectivity index (χ2n) is 5.75. The first-order valence-electron chi connectivity index (χ1n) is 7.74. The van der Waals surface area contributed by atoms with Crippen LogP contribution in [0.25, 0.3) is 0 Å². The predicted molar refractivity (Wildman–Crippen MR) is 93.1 cm³/mol. The van der Waals surface area contributed by atoms with E-state index >= 15 is 0 Å². The first-order valence-corrected chi connectivity index (χ1v) is 8.53. The van der Waals surface area contributed by atoms with E-state index in [4.69, 9.17) is 0 Å². The number of halogens is 1. The van der Waals surface area contributed by atoms with E-state index < -0.39 is 0 Å². The third kappa shape index (κ3) is 4.51. The quantitative estimate of drug-likeness (QED) is 0.844. The van der Waals surface area contributed by atoms with Crippen LogP contribution >= 0.6 is 15.9 Å². The minimum atomic E-state index is 0.240. The molecule has 2 heterocycles. The van der Waals surface area contributed by atoms with E-state index in [1.165, 1.54) is 5.56 Å². The Morgan fingerprint density at radius 2 is 1.96 bits per heavy atom. The van der Waals surface area contributed by atoms with E-state index in [9.17, 15) is 4.79 Å². The Labute approximate surface area is 144 Å². The van der Waals surface area contributed by atoms with Crippen molar-refractivity contribution in [2.75, 3.05) is 25.0 Å². The zero-order chi connectivity index (χ0) is 16.1. The fraction of sp³-hybridized carbons (Fsp3) is 0.353. The standard InChI is InChI=1S/C17H19BrN4O/c18-15-10-20-17(21-11-15)19-9-14-8-16(23)22(12-14)7-6-13-4-2-1-3-5-13/h1-5,10-11,14H,6-9,12H2,(H,19,20,21). The molecule has 0 bridgehead atoms. The Morgan fingerprint density at radius 3 is 2.70 bits per heavy atom. The monoisotopic (exact) mass is 374 g/mol. The van der Waals surface area contributed by atoms with Gasteiger partial charge in [-0.2, -0.15) is 0 Å². The average Bonchev–Trinajstić information content (AvgIpc) is 2.93. The fourth-order valence-electron chi connectivity index (χ4n) is 2.75. The Bertz CT molecular complexity index is 647. The van der Waals surface area contributed by atoms with Crippen LogP contribution in [-0.4, -0.2) is 40.4 Å². The van der Waals surface area contributed by atoms with E-state index in [1.807, 2.05) is 23.1 Å². The highest BCUT2D eigenvalue weighted by Crippen LogP contribution is 2.19. The highest BCUT2D eigenvalue weighted by molar-refractivity contribution is 9.10. The Hall–Kier alpha value is -1.95. The van der Waals surface area contributed by atoms with Crippen molar-refractivity contribution in [3.8, 4) is 0 Å². The summed E-state index contributed by atoms with van der Waals surface area (Å²) < 4.78 is 0.853. The number of anilines is 1. The van der Waals surface area contributed by atoms with Gasteiger partial charge in [-0.3, -0.25) is 4.79 Å². The van der Waals surface area contributed by atoms with E-state index in [-0.39, 0.29) is 5.91 Å². The molecule has 0 aliphatic carbocycles. The molecule has 1 atom stereocenters. The summed E-state index contributed by atoms with van der Waals surface area (Å²) >= 11 is 3.31. The molecule has 0 saturated carbocycles. The van der Waals surface area contributed by atoms with Crippen molar-refractivity contribution in [1.82, 2.24) is 14.9 Å². The Morgan fingerprint density at radius 1 is 1.22 bits per heavy atom. The lowest BCUT2D eigenvalue weighted by atomic mass is 10.1. The molecule has 1 amide bonds. The van der Waals surface area contributed by atoms with Gasteiger partial charge in [-0.25, -0.2) is 9.97 Å². The van der Waals surface area contributed by atoms with Crippen LogP contribution in [0, 0.1) is 5.92 Å². The molecule has 1 N–H and O–H groups in total. The summed E-state index contributed by atoms with van der Waals surface area (Å²) in [6.07, 6.45) is 4.92. The Kier molecular flexibility index (Phi) is 5.23. The zero-order valence-electron chi connectivity index (χ0n) is 12.8. The lowest BCUT2D eigenvalue weighted by Gasteiger charge is -2.17. The third-order valence-electron chi connectivity index (χ3n) is 3.98. The van der Waals surface area contributed by atoms with Gasteiger partial charge in [-0.05, 0) is 27.9 Å². The van der Waals surface area contributed by atoms with Crippen molar-refractivity contribution < 1.29 is 4.79 Å². The highest BCUT2D eigenvalue weighted by atomic mass is 79.9. The molecule has 3 rings (SSSR count). The van der Waals surface area contributed by atoms with Crippen molar-refractivity contribution in [2.45, 2.75) is 12.8 Å². The molecule has 1 aromatic heterocycles. The summed E-state index contributed by atoms with van der Waals surface area (Å²) in [6.45, 7) is 2.30. The van der Waals surface area contributed by atoms with Crippen molar-refractivity contribution in [1.29, 1.82) is 0 Å². The van der Waals surface area contributed by atoms with Crippen molar-refractivity contribution in [2.24, 2.45) is 5.92 Å². The van der Waals surface area contributed by atoms with Gasteiger partial charge >= 0.3 is 0 Å². The lowest BCUT2D eigenvalue weighted by Crippen LogP contribution is -2.28. The first kappa shape index (κ1) is 15.9. The van der Waals surface area contributed by atoms with Crippen LogP contribution < -0.4 is 5.32 Å². The van der Waals surface area contributed by atoms with Crippen molar-refractivity contribution in [3.63, 3.8) is 0 Å². The number of rotatable bonds is 6. The molecule has 0 spiro atoms. The van der Waals surface area contributed by atoms with Gasteiger partial charge in [0, 0.05) is 44.4 Å². The largest absolute Gasteiger partial charge is 0.354 e. The van der Waals surface area contributed by atoms with Gasteiger partial charge < -0.3 is 10.2 Å². The number of hydrogen-bond acceptors (Lipinski definition) is 4. The summed E-state index contributed by atoms with van der Waals surface area (Å²) in [7, 11) is 0. The fourth-order valence-corrected chi connectivity index (χ4v) is 2.96. The second-order valence-corrected chi connectivity index (χ2v) is 6.67. The van der Waals surface area contributed by atoms with Gasteiger partial charge in [-0.15, -0.1) is 0 Å². The molecule has 23 heavy (non-hydrogen) atoms. The number of carbonyl (C=O) groups excluding carboxylic acids is 1. The van der Waals surface area contributed by atoms with Crippen LogP contribution in [-0.2, 0) is 11.2 Å². The van der Waals surface area contributed by atoms with Crippen LogP contribution in [0.3, 0.4) is 0 Å². The predicted octanol–water partition coefficient (Wildman–Crippen LogP) is 2.74. The van der Waals surface area contributed by atoms with Crippen molar-refractivity contribution >= 4 is 27.8 Å². The van der Waals surface area contributed by atoms with Crippen LogP contribution in [0.5, 0.6) is 0 Å². The van der Waals surface area contributed by atoms with Crippen molar-refractivity contribution in [3.05, 3.63) is 52.8 Å². The number of aromatic nitrogens is 2. The molecule has 5 nitrogen and oxygen atoms in total. The van der Waals surface area contributed by atoms with Crippen LogP contribution in [0.4, 0.5) is 5.95 Å². The zero-order valence-corrected chi connectivity index (χ0v) is 14.4. The summed E-state index contributed by atoms with van der Waals surface area (Å²) in [5.41, 5.74) is 1.27. The second kappa shape index (κ2) is 7.55. The average molecular weight is 375 g/mol. The molecule has 0 radical (unpaired) electrons. The molecular formula is C17H19BrN4O. The Balaban J connectivity index is 1.46. The summed E-state index contributed by atoms with van der Waals surface area (Å²) in [5.74, 6) is 1.15. The van der Waals surface area contributed by atoms with E-state index in [0.717, 1.165) is 30.5 Å². The molecular weight excluding hydrogens is 356 g/mol. The van der Waals surface area contributed by atoms with Crippen LogP contribution in [0.15, 0.2) is 47.2 Å². The van der Waals surface area contributed by atoms with Gasteiger partial charge in [0.1, 0.15) is 0 Å². The smallest absolute Gasteiger partial charge is 0.223 e. The van der Waals surface area contributed by atoms with E-state index in [1.54, 1.807) is 12.4 Å². The summed E-state index contributed by atoms with van der Waals surface area (Å²) in [5, 5.41) is 3.21. The molecule has 1 saturated heterocycles. The molecule has 120 valence electrons. The molecule has 2 aromatic rings. The SMILES string of the molecule is O=C1CC(CNc2ncc(Br)cn2)CN1CCc1ccccc1. The number of amides is 1. The maximum Gasteiger partial charge on any atom is 0.223 e. The van der Waals surface area contributed by atoms with Gasteiger partial charge in [0.15, 0.2) is 0 Å². The summed E-state index contributed by atoms with van der Waals surface area (Å²) in [4.78, 5) is 22.5. The van der Waals surface area contributed by atoms with Crippen LogP contribution in [0.2, 0.25) is 0 Å². The molecule has 1 fully saturated rings. The summed E-state index contributed by atoms with van der Waals surface area (Å²) in [6, 6.07) is 10.3.